The number of fused-ring (bicyclic) bond motifs is 1. The Kier molecular flexibility index (Phi) is 4.83. The van der Waals surface area contributed by atoms with E-state index in [-0.39, 0.29) is 5.91 Å². The van der Waals surface area contributed by atoms with Gasteiger partial charge in [0.2, 0.25) is 5.91 Å². The van der Waals surface area contributed by atoms with Crippen LogP contribution in [0.1, 0.15) is 22.3 Å². The Morgan fingerprint density at radius 3 is 2.52 bits per heavy atom. The molecule has 0 saturated carbocycles. The largest absolute Gasteiger partial charge is 0.350 e. The van der Waals surface area contributed by atoms with E-state index in [1.807, 2.05) is 43.3 Å². The van der Waals surface area contributed by atoms with Crippen LogP contribution in [0.15, 0.2) is 60.7 Å². The van der Waals surface area contributed by atoms with Crippen LogP contribution in [0.4, 0.5) is 11.6 Å². The van der Waals surface area contributed by atoms with E-state index in [1.165, 1.54) is 16.7 Å². The van der Waals surface area contributed by atoms with Crippen LogP contribution in [0, 0.1) is 6.92 Å². The van der Waals surface area contributed by atoms with Crippen molar-refractivity contribution in [3.8, 4) is 0 Å². The number of anilines is 2. The van der Waals surface area contributed by atoms with Crippen LogP contribution in [0.5, 0.6) is 0 Å². The lowest BCUT2D eigenvalue weighted by atomic mass is 10.00. The molecule has 1 N–H and O–H groups in total. The van der Waals surface area contributed by atoms with E-state index in [1.54, 1.807) is 0 Å². The van der Waals surface area contributed by atoms with Gasteiger partial charge in [0.1, 0.15) is 0 Å². The van der Waals surface area contributed by atoms with Gasteiger partial charge in [-0.3, -0.25) is 4.79 Å². The first-order chi connectivity index (χ1) is 13.2. The first kappa shape index (κ1) is 17.2. The molecule has 0 bridgehead atoms. The van der Waals surface area contributed by atoms with E-state index >= 15 is 0 Å². The number of hydrogen-bond acceptors (Lipinski definition) is 4. The topological polar surface area (TPSA) is 58.1 Å². The van der Waals surface area contributed by atoms with Gasteiger partial charge in [0.05, 0.1) is 6.42 Å². The fourth-order valence-corrected chi connectivity index (χ4v) is 3.33. The highest BCUT2D eigenvalue weighted by molar-refractivity contribution is 5.91. The third-order valence-electron chi connectivity index (χ3n) is 4.86. The average molecular weight is 358 g/mol. The summed E-state index contributed by atoms with van der Waals surface area (Å²) >= 11 is 0. The molecule has 3 aromatic rings. The second-order valence-corrected chi connectivity index (χ2v) is 6.93. The molecule has 1 amide bonds. The Morgan fingerprint density at radius 1 is 1.00 bits per heavy atom. The summed E-state index contributed by atoms with van der Waals surface area (Å²) in [5, 5.41) is 11.3. The highest BCUT2D eigenvalue weighted by Gasteiger charge is 2.17. The van der Waals surface area contributed by atoms with Gasteiger partial charge in [0, 0.05) is 13.1 Å². The maximum absolute atomic E-state index is 12.2. The lowest BCUT2D eigenvalue weighted by Gasteiger charge is -2.29. The van der Waals surface area contributed by atoms with Crippen LogP contribution < -0.4 is 10.2 Å². The molecule has 0 fully saturated rings. The highest BCUT2D eigenvalue weighted by atomic mass is 16.1. The molecule has 5 heteroatoms. The maximum atomic E-state index is 12.2. The second-order valence-electron chi connectivity index (χ2n) is 6.93. The van der Waals surface area contributed by atoms with Gasteiger partial charge >= 0.3 is 0 Å². The normalized spacial score (nSPS) is 13.1. The van der Waals surface area contributed by atoms with Gasteiger partial charge in [-0.15, -0.1) is 10.2 Å². The van der Waals surface area contributed by atoms with Crippen molar-refractivity contribution in [3.63, 3.8) is 0 Å². The summed E-state index contributed by atoms with van der Waals surface area (Å²) in [6, 6.07) is 20.2. The number of rotatable bonds is 4. The summed E-state index contributed by atoms with van der Waals surface area (Å²) in [5.41, 5.74) is 4.90. The van der Waals surface area contributed by atoms with Gasteiger partial charge in [-0.1, -0.05) is 54.1 Å². The van der Waals surface area contributed by atoms with Crippen LogP contribution in [-0.4, -0.2) is 22.6 Å². The maximum Gasteiger partial charge on any atom is 0.229 e. The number of aryl methyl sites for hydroxylation is 1. The lowest BCUT2D eigenvalue weighted by molar-refractivity contribution is -0.115. The number of hydrogen-bond donors (Lipinski definition) is 1. The number of benzene rings is 2. The fourth-order valence-electron chi connectivity index (χ4n) is 3.33. The Balaban J connectivity index is 1.38. The number of carbonyl (C=O) groups excluding carboxylic acids is 1. The SMILES string of the molecule is Cc1ccc(CC(=O)Nc2ccc(N3CCc4ccccc4C3)nn2)cc1. The minimum Gasteiger partial charge on any atom is -0.350 e. The van der Waals surface area contributed by atoms with Gasteiger partial charge in [0.15, 0.2) is 11.6 Å². The number of aromatic nitrogens is 2. The van der Waals surface area contributed by atoms with Gasteiger partial charge < -0.3 is 10.2 Å². The minimum absolute atomic E-state index is 0.0900. The average Bonchev–Trinajstić information content (AvgIpc) is 2.70. The standard InChI is InChI=1S/C22H22N4O/c1-16-6-8-17(9-7-16)14-22(27)23-20-10-11-21(25-24-20)26-13-12-18-4-2-3-5-19(18)15-26/h2-11H,12-15H2,1H3,(H,23,24,27). The van der Waals surface area contributed by atoms with E-state index < -0.39 is 0 Å². The number of nitrogens with zero attached hydrogens (tertiary/aromatic N) is 3. The smallest absolute Gasteiger partial charge is 0.229 e. The van der Waals surface area contributed by atoms with Gasteiger partial charge in [-0.05, 0) is 42.2 Å². The molecular formula is C22H22N4O. The molecule has 1 aromatic heterocycles. The summed E-state index contributed by atoms with van der Waals surface area (Å²) in [4.78, 5) is 14.4. The molecule has 1 aliphatic heterocycles. The molecule has 0 aliphatic carbocycles. The monoisotopic (exact) mass is 358 g/mol. The molecular weight excluding hydrogens is 336 g/mol. The van der Waals surface area contributed by atoms with Crippen LogP contribution in [-0.2, 0) is 24.2 Å². The fraction of sp³-hybridized carbons (Fsp3) is 0.227. The summed E-state index contributed by atoms with van der Waals surface area (Å²) in [7, 11) is 0. The van der Waals surface area contributed by atoms with Crippen LogP contribution >= 0.6 is 0 Å². The highest BCUT2D eigenvalue weighted by Crippen LogP contribution is 2.23. The molecule has 2 heterocycles. The second kappa shape index (κ2) is 7.58. The lowest BCUT2D eigenvalue weighted by Crippen LogP contribution is -2.31. The van der Waals surface area contributed by atoms with Crippen molar-refractivity contribution in [2.24, 2.45) is 0 Å². The Labute approximate surface area is 159 Å². The Bertz CT molecular complexity index is 935. The number of amides is 1. The molecule has 27 heavy (non-hydrogen) atoms. The third kappa shape index (κ3) is 4.14. The molecule has 5 nitrogen and oxygen atoms in total. The van der Waals surface area contributed by atoms with Gasteiger partial charge in [-0.2, -0.15) is 0 Å². The van der Waals surface area contributed by atoms with E-state index in [9.17, 15) is 4.79 Å². The summed E-state index contributed by atoms with van der Waals surface area (Å²) in [5.74, 6) is 1.22. The molecule has 0 spiro atoms. The first-order valence-corrected chi connectivity index (χ1v) is 9.18. The third-order valence-corrected chi connectivity index (χ3v) is 4.86. The van der Waals surface area contributed by atoms with Crippen molar-refractivity contribution in [2.45, 2.75) is 26.3 Å². The van der Waals surface area contributed by atoms with Crippen LogP contribution in [0.3, 0.4) is 0 Å². The van der Waals surface area contributed by atoms with Crippen LogP contribution in [0.25, 0.3) is 0 Å². The van der Waals surface area contributed by atoms with Crippen molar-refractivity contribution < 1.29 is 4.79 Å². The van der Waals surface area contributed by atoms with E-state index in [2.05, 4.69) is 44.7 Å². The quantitative estimate of drug-likeness (QED) is 0.775. The summed E-state index contributed by atoms with van der Waals surface area (Å²) in [6.45, 7) is 3.79. The first-order valence-electron chi connectivity index (χ1n) is 9.18. The minimum atomic E-state index is -0.0900. The summed E-state index contributed by atoms with van der Waals surface area (Å²) in [6.07, 6.45) is 1.33. The van der Waals surface area contributed by atoms with Gasteiger partial charge in [-0.25, -0.2) is 0 Å². The predicted octanol–water partition coefficient (Wildman–Crippen LogP) is 3.53. The zero-order chi connectivity index (χ0) is 18.6. The van der Waals surface area contributed by atoms with Crippen LogP contribution in [0.2, 0.25) is 0 Å². The zero-order valence-corrected chi connectivity index (χ0v) is 15.4. The molecule has 2 aromatic carbocycles. The zero-order valence-electron chi connectivity index (χ0n) is 15.4. The molecule has 1 aliphatic rings. The van der Waals surface area contributed by atoms with Crippen molar-refractivity contribution in [2.75, 3.05) is 16.8 Å². The van der Waals surface area contributed by atoms with E-state index in [0.717, 1.165) is 30.9 Å². The van der Waals surface area contributed by atoms with Crippen molar-refractivity contribution in [3.05, 3.63) is 82.9 Å². The number of nitrogens with one attached hydrogen (secondary N) is 1. The molecule has 136 valence electrons. The molecule has 0 atom stereocenters. The van der Waals surface area contributed by atoms with Crippen molar-refractivity contribution >= 4 is 17.5 Å². The van der Waals surface area contributed by atoms with E-state index in [0.29, 0.717) is 12.2 Å². The van der Waals surface area contributed by atoms with Crippen molar-refractivity contribution in [1.82, 2.24) is 10.2 Å². The van der Waals surface area contributed by atoms with Gasteiger partial charge in [0.25, 0.3) is 0 Å². The molecule has 0 unspecified atom stereocenters. The van der Waals surface area contributed by atoms with E-state index in [4.69, 9.17) is 0 Å². The summed E-state index contributed by atoms with van der Waals surface area (Å²) < 4.78 is 0. The Hall–Kier alpha value is -3.21. The number of carbonyl (C=O) groups is 1. The Morgan fingerprint density at radius 2 is 1.78 bits per heavy atom. The predicted molar refractivity (Wildman–Crippen MR) is 107 cm³/mol. The molecule has 0 saturated heterocycles. The van der Waals surface area contributed by atoms with Crippen molar-refractivity contribution in [1.29, 1.82) is 0 Å². The molecule has 0 radical (unpaired) electrons. The molecule has 4 rings (SSSR count).